The van der Waals surface area contributed by atoms with Crippen LogP contribution in [0.15, 0.2) is 4.52 Å². The average Bonchev–Trinajstić information content (AvgIpc) is 2.78. The Bertz CT molecular complexity index is 337. The van der Waals surface area contributed by atoms with E-state index < -0.39 is 0 Å². The van der Waals surface area contributed by atoms with Crippen molar-refractivity contribution in [2.75, 3.05) is 20.1 Å². The quantitative estimate of drug-likeness (QED) is 0.668. The molecule has 15 heavy (non-hydrogen) atoms. The number of nitrogens with zero attached hydrogens (tertiary/aromatic N) is 3. The number of aldehydes is 1. The van der Waals surface area contributed by atoms with Crippen molar-refractivity contribution in [2.45, 2.75) is 19.3 Å². The highest BCUT2D eigenvalue weighted by atomic mass is 16.5. The molecule has 1 aromatic rings. The molecule has 1 aromatic heterocycles. The van der Waals surface area contributed by atoms with E-state index in [4.69, 9.17) is 4.52 Å². The molecule has 1 saturated heterocycles. The summed E-state index contributed by atoms with van der Waals surface area (Å²) in [7, 11) is 2.12. The maximum atomic E-state index is 10.2. The van der Waals surface area contributed by atoms with Gasteiger partial charge in [-0.2, -0.15) is 4.98 Å². The second-order valence-electron chi connectivity index (χ2n) is 4.10. The Morgan fingerprint density at radius 3 is 3.20 bits per heavy atom. The summed E-state index contributed by atoms with van der Waals surface area (Å²) >= 11 is 0. The van der Waals surface area contributed by atoms with Crippen LogP contribution in [0.5, 0.6) is 0 Å². The van der Waals surface area contributed by atoms with E-state index >= 15 is 0 Å². The third-order valence-electron chi connectivity index (χ3n) is 2.73. The smallest absolute Gasteiger partial charge is 0.226 e. The van der Waals surface area contributed by atoms with Gasteiger partial charge in [0, 0.05) is 13.0 Å². The minimum Gasteiger partial charge on any atom is -0.339 e. The molecule has 0 N–H and O–H groups in total. The van der Waals surface area contributed by atoms with Crippen LogP contribution in [-0.4, -0.2) is 41.5 Å². The highest BCUT2D eigenvalue weighted by Gasteiger charge is 2.21. The van der Waals surface area contributed by atoms with Crippen molar-refractivity contribution >= 4 is 6.29 Å². The van der Waals surface area contributed by atoms with Gasteiger partial charge in [0.05, 0.1) is 6.42 Å². The van der Waals surface area contributed by atoms with Gasteiger partial charge in [0.25, 0.3) is 0 Å². The molecule has 2 heterocycles. The first-order valence-corrected chi connectivity index (χ1v) is 5.21. The van der Waals surface area contributed by atoms with Gasteiger partial charge in [-0.05, 0) is 25.9 Å². The molecular weight excluding hydrogens is 194 g/mol. The van der Waals surface area contributed by atoms with Gasteiger partial charge in [-0.15, -0.1) is 0 Å². The van der Waals surface area contributed by atoms with Gasteiger partial charge in [0.1, 0.15) is 6.29 Å². The molecule has 0 bridgehead atoms. The molecule has 82 valence electrons. The summed E-state index contributed by atoms with van der Waals surface area (Å²) in [4.78, 5) is 16.7. The van der Waals surface area contributed by atoms with Gasteiger partial charge in [0.15, 0.2) is 5.82 Å². The lowest BCUT2D eigenvalue weighted by Crippen LogP contribution is -2.15. The first kappa shape index (κ1) is 10.3. The summed E-state index contributed by atoms with van der Waals surface area (Å²) < 4.78 is 5.08. The molecule has 1 aliphatic rings. The summed E-state index contributed by atoms with van der Waals surface area (Å²) in [5, 5.41) is 3.74. The van der Waals surface area contributed by atoms with Crippen molar-refractivity contribution in [3.63, 3.8) is 0 Å². The van der Waals surface area contributed by atoms with E-state index in [0.29, 0.717) is 17.6 Å². The predicted molar refractivity (Wildman–Crippen MR) is 53.4 cm³/mol. The van der Waals surface area contributed by atoms with E-state index in [1.54, 1.807) is 0 Å². The van der Waals surface area contributed by atoms with Crippen LogP contribution >= 0.6 is 0 Å². The van der Waals surface area contributed by atoms with E-state index in [1.807, 2.05) is 0 Å². The molecule has 2 rings (SSSR count). The monoisotopic (exact) mass is 209 g/mol. The SMILES string of the molecule is CN1CCC(Cc2nc(CC=O)no2)C1. The molecule has 0 spiro atoms. The molecule has 5 heteroatoms. The van der Waals surface area contributed by atoms with Gasteiger partial charge in [0.2, 0.25) is 5.89 Å². The van der Waals surface area contributed by atoms with Crippen LogP contribution in [0.1, 0.15) is 18.1 Å². The zero-order valence-corrected chi connectivity index (χ0v) is 8.85. The van der Waals surface area contributed by atoms with Gasteiger partial charge in [-0.25, -0.2) is 0 Å². The van der Waals surface area contributed by atoms with Gasteiger partial charge >= 0.3 is 0 Å². The van der Waals surface area contributed by atoms with Crippen LogP contribution in [0.25, 0.3) is 0 Å². The molecule has 0 aliphatic carbocycles. The predicted octanol–water partition coefficient (Wildman–Crippen LogP) is 0.305. The molecule has 0 amide bonds. The van der Waals surface area contributed by atoms with E-state index in [0.717, 1.165) is 25.8 Å². The molecule has 0 aromatic carbocycles. The fourth-order valence-corrected chi connectivity index (χ4v) is 1.97. The fourth-order valence-electron chi connectivity index (χ4n) is 1.97. The number of hydrogen-bond donors (Lipinski definition) is 0. The van der Waals surface area contributed by atoms with E-state index in [1.165, 1.54) is 6.42 Å². The fraction of sp³-hybridized carbons (Fsp3) is 0.700. The van der Waals surface area contributed by atoms with E-state index in [2.05, 4.69) is 22.1 Å². The average molecular weight is 209 g/mol. The summed E-state index contributed by atoms with van der Waals surface area (Å²) in [5.41, 5.74) is 0. The Kier molecular flexibility index (Phi) is 3.11. The lowest BCUT2D eigenvalue weighted by Gasteiger charge is -2.06. The zero-order valence-electron chi connectivity index (χ0n) is 8.85. The van der Waals surface area contributed by atoms with Gasteiger partial charge in [-0.1, -0.05) is 5.16 Å². The van der Waals surface area contributed by atoms with E-state index in [-0.39, 0.29) is 6.42 Å². The molecule has 1 atom stereocenters. The molecule has 1 aliphatic heterocycles. The molecule has 0 radical (unpaired) electrons. The molecule has 1 fully saturated rings. The highest BCUT2D eigenvalue weighted by Crippen LogP contribution is 2.18. The maximum Gasteiger partial charge on any atom is 0.226 e. The largest absolute Gasteiger partial charge is 0.339 e. The minimum absolute atomic E-state index is 0.244. The normalized spacial score (nSPS) is 22.1. The Morgan fingerprint density at radius 1 is 1.67 bits per heavy atom. The van der Waals surface area contributed by atoms with Crippen LogP contribution in [-0.2, 0) is 17.6 Å². The number of carbonyl (C=O) groups excluding carboxylic acids is 1. The first-order valence-electron chi connectivity index (χ1n) is 5.21. The van der Waals surface area contributed by atoms with Crippen molar-refractivity contribution in [1.82, 2.24) is 15.0 Å². The third kappa shape index (κ3) is 2.62. The Morgan fingerprint density at radius 2 is 2.53 bits per heavy atom. The van der Waals surface area contributed by atoms with Crippen LogP contribution in [0.4, 0.5) is 0 Å². The summed E-state index contributed by atoms with van der Waals surface area (Å²) in [5.74, 6) is 1.76. The van der Waals surface area contributed by atoms with Crippen LogP contribution in [0, 0.1) is 5.92 Å². The van der Waals surface area contributed by atoms with Crippen molar-refractivity contribution in [1.29, 1.82) is 0 Å². The lowest BCUT2D eigenvalue weighted by atomic mass is 10.1. The standard InChI is InChI=1S/C10H15N3O2/c1-13-4-2-8(7-13)6-10-11-9(3-5-14)12-15-10/h5,8H,2-4,6-7H2,1H3. The topological polar surface area (TPSA) is 59.2 Å². The maximum absolute atomic E-state index is 10.2. The minimum atomic E-state index is 0.244. The number of hydrogen-bond acceptors (Lipinski definition) is 5. The number of rotatable bonds is 4. The molecular formula is C10H15N3O2. The van der Waals surface area contributed by atoms with Gasteiger partial charge in [-0.3, -0.25) is 0 Å². The second kappa shape index (κ2) is 4.53. The van der Waals surface area contributed by atoms with Crippen LogP contribution < -0.4 is 0 Å². The number of likely N-dealkylation sites (tertiary alicyclic amines) is 1. The van der Waals surface area contributed by atoms with Crippen molar-refractivity contribution in [3.8, 4) is 0 Å². The molecule has 5 nitrogen and oxygen atoms in total. The van der Waals surface area contributed by atoms with Gasteiger partial charge < -0.3 is 14.2 Å². The van der Waals surface area contributed by atoms with Crippen LogP contribution in [0.3, 0.4) is 0 Å². The second-order valence-corrected chi connectivity index (χ2v) is 4.10. The molecule has 1 unspecified atom stereocenters. The Balaban J connectivity index is 1.90. The molecule has 0 saturated carbocycles. The first-order chi connectivity index (χ1) is 7.28. The zero-order chi connectivity index (χ0) is 10.7. The third-order valence-corrected chi connectivity index (χ3v) is 2.73. The summed E-state index contributed by atoms with van der Waals surface area (Å²) in [6, 6.07) is 0. The lowest BCUT2D eigenvalue weighted by molar-refractivity contribution is -0.107. The van der Waals surface area contributed by atoms with Crippen LogP contribution in [0.2, 0.25) is 0 Å². The highest BCUT2D eigenvalue weighted by molar-refractivity contribution is 5.52. The summed E-state index contributed by atoms with van der Waals surface area (Å²) in [6.07, 6.45) is 3.05. The van der Waals surface area contributed by atoms with Crippen molar-refractivity contribution in [2.24, 2.45) is 5.92 Å². The van der Waals surface area contributed by atoms with Crippen molar-refractivity contribution < 1.29 is 9.32 Å². The number of carbonyl (C=O) groups is 1. The summed E-state index contributed by atoms with van der Waals surface area (Å²) in [6.45, 7) is 2.23. The Labute approximate surface area is 88.5 Å². The Hall–Kier alpha value is -1.23. The van der Waals surface area contributed by atoms with E-state index in [9.17, 15) is 4.79 Å². The number of aromatic nitrogens is 2. The van der Waals surface area contributed by atoms with Crippen molar-refractivity contribution in [3.05, 3.63) is 11.7 Å².